The van der Waals surface area contributed by atoms with E-state index in [2.05, 4.69) is 10.5 Å². The molecule has 0 bridgehead atoms. The molecule has 35 heavy (non-hydrogen) atoms. The first-order valence-electron chi connectivity index (χ1n) is 10.7. The summed E-state index contributed by atoms with van der Waals surface area (Å²) >= 11 is 0. The van der Waals surface area contributed by atoms with Crippen molar-refractivity contribution in [3.63, 3.8) is 0 Å². The lowest BCUT2D eigenvalue weighted by Gasteiger charge is -2.27. The van der Waals surface area contributed by atoms with E-state index in [-0.39, 0.29) is 11.3 Å². The molecule has 174 valence electrons. The minimum atomic E-state index is -1.94. The van der Waals surface area contributed by atoms with Gasteiger partial charge in [0.2, 0.25) is 0 Å². The molecule has 0 unspecified atom stereocenters. The summed E-state index contributed by atoms with van der Waals surface area (Å²) < 4.78 is 18.5. The quantitative estimate of drug-likeness (QED) is 0.182. The van der Waals surface area contributed by atoms with Gasteiger partial charge in [0.25, 0.3) is 5.91 Å². The van der Waals surface area contributed by atoms with Crippen molar-refractivity contribution in [1.29, 1.82) is 0 Å². The maximum atomic E-state index is 13.3. The van der Waals surface area contributed by atoms with Gasteiger partial charge in [-0.15, -0.1) is 0 Å². The number of halogens is 1. The summed E-state index contributed by atoms with van der Waals surface area (Å²) in [7, 11) is 0. The van der Waals surface area contributed by atoms with Crippen LogP contribution in [0, 0.1) is 5.82 Å². The van der Waals surface area contributed by atoms with Crippen LogP contribution in [-0.2, 0) is 10.4 Å². The first kappa shape index (κ1) is 23.5. The molecular weight excluding hydrogens is 447 g/mol. The lowest BCUT2D eigenvalue weighted by atomic mass is 9.85. The molecule has 0 saturated heterocycles. The maximum absolute atomic E-state index is 13.3. The fourth-order valence-electron chi connectivity index (χ4n) is 3.44. The molecule has 7 heteroatoms. The second-order valence-electron chi connectivity index (χ2n) is 7.61. The number of nitrogens with zero attached hydrogens (tertiary/aromatic N) is 1. The van der Waals surface area contributed by atoms with Gasteiger partial charge in [0, 0.05) is 0 Å². The van der Waals surface area contributed by atoms with E-state index in [1.807, 2.05) is 0 Å². The van der Waals surface area contributed by atoms with Crippen molar-refractivity contribution in [2.24, 2.45) is 5.10 Å². The number of hydrogen-bond acceptors (Lipinski definition) is 5. The van der Waals surface area contributed by atoms with E-state index < -0.39 is 23.3 Å². The van der Waals surface area contributed by atoms with Crippen LogP contribution in [0.4, 0.5) is 4.39 Å². The van der Waals surface area contributed by atoms with Gasteiger partial charge in [0.15, 0.2) is 5.60 Å². The zero-order valence-electron chi connectivity index (χ0n) is 18.5. The molecule has 4 rings (SSSR count). The molecule has 4 aromatic carbocycles. The number of rotatable bonds is 7. The lowest BCUT2D eigenvalue weighted by Crippen LogP contribution is -2.43. The predicted molar refractivity (Wildman–Crippen MR) is 129 cm³/mol. The van der Waals surface area contributed by atoms with E-state index in [1.54, 1.807) is 84.9 Å². The van der Waals surface area contributed by atoms with E-state index >= 15 is 0 Å². The van der Waals surface area contributed by atoms with Crippen LogP contribution in [0.25, 0.3) is 0 Å². The molecule has 0 aromatic heterocycles. The molecule has 0 heterocycles. The van der Waals surface area contributed by atoms with Crippen LogP contribution in [-0.4, -0.2) is 23.2 Å². The number of aliphatic hydroxyl groups is 1. The molecule has 0 spiro atoms. The predicted octanol–water partition coefficient (Wildman–Crippen LogP) is 4.43. The summed E-state index contributed by atoms with van der Waals surface area (Å²) in [6.45, 7) is 0. The second-order valence-corrected chi connectivity index (χ2v) is 7.61. The molecule has 0 fully saturated rings. The Kier molecular flexibility index (Phi) is 7.09. The van der Waals surface area contributed by atoms with Gasteiger partial charge in [-0.25, -0.2) is 14.6 Å². The van der Waals surface area contributed by atoms with Crippen LogP contribution in [0.15, 0.2) is 114 Å². The zero-order chi connectivity index (χ0) is 24.7. The summed E-state index contributed by atoms with van der Waals surface area (Å²) in [4.78, 5) is 25.2. The van der Waals surface area contributed by atoms with Gasteiger partial charge in [-0.2, -0.15) is 5.10 Å². The van der Waals surface area contributed by atoms with Gasteiger partial charge in [-0.3, -0.25) is 4.79 Å². The molecule has 0 aliphatic rings. The van der Waals surface area contributed by atoms with E-state index in [0.29, 0.717) is 16.7 Å². The van der Waals surface area contributed by atoms with Gasteiger partial charge in [-0.1, -0.05) is 66.7 Å². The average Bonchev–Trinajstić information content (AvgIpc) is 2.90. The Morgan fingerprint density at radius 1 is 0.829 bits per heavy atom. The zero-order valence-corrected chi connectivity index (χ0v) is 18.5. The summed E-state index contributed by atoms with van der Waals surface area (Å²) in [6.07, 6.45) is 1.40. The Balaban J connectivity index is 1.44. The molecule has 6 nitrogen and oxygen atoms in total. The molecular formula is C28H21FN2O4. The number of nitrogens with one attached hydrogen (secondary N) is 1. The molecule has 0 aliphatic heterocycles. The van der Waals surface area contributed by atoms with Crippen molar-refractivity contribution in [2.75, 3.05) is 0 Å². The van der Waals surface area contributed by atoms with Gasteiger partial charge in [0.05, 0.1) is 11.8 Å². The number of benzene rings is 4. The maximum Gasteiger partial charge on any atom is 0.343 e. The van der Waals surface area contributed by atoms with Crippen LogP contribution < -0.4 is 10.2 Å². The highest BCUT2D eigenvalue weighted by atomic mass is 19.1. The van der Waals surface area contributed by atoms with Crippen molar-refractivity contribution >= 4 is 18.1 Å². The van der Waals surface area contributed by atoms with Crippen molar-refractivity contribution in [3.8, 4) is 5.75 Å². The fourth-order valence-corrected chi connectivity index (χ4v) is 3.44. The minimum absolute atomic E-state index is 0.0997. The standard InChI is InChI=1S/C28H21FN2O4/c29-24-13-7-8-21(18-24)26(32)35-25-16-14-20(15-17-25)19-30-31-27(33)28(34,22-9-3-1-4-10-22)23-11-5-2-6-12-23/h1-19,34H,(H,31,33). The number of esters is 1. The Morgan fingerprint density at radius 2 is 1.43 bits per heavy atom. The molecule has 4 aromatic rings. The lowest BCUT2D eigenvalue weighted by molar-refractivity contribution is -0.136. The minimum Gasteiger partial charge on any atom is -0.423 e. The van der Waals surface area contributed by atoms with Crippen molar-refractivity contribution in [2.45, 2.75) is 5.60 Å². The van der Waals surface area contributed by atoms with E-state index in [0.717, 1.165) is 6.07 Å². The molecule has 0 atom stereocenters. The third kappa shape index (κ3) is 5.48. The normalized spacial score (nSPS) is 11.3. The number of carbonyl (C=O) groups is 2. The molecule has 1 amide bonds. The van der Waals surface area contributed by atoms with Gasteiger partial charge in [-0.05, 0) is 59.2 Å². The van der Waals surface area contributed by atoms with Crippen molar-refractivity contribution < 1.29 is 23.8 Å². The summed E-state index contributed by atoms with van der Waals surface area (Å²) in [5.41, 5.74) is 1.99. The van der Waals surface area contributed by atoms with Crippen LogP contribution in [0.5, 0.6) is 5.75 Å². The monoisotopic (exact) mass is 468 g/mol. The third-order valence-corrected chi connectivity index (χ3v) is 5.24. The molecule has 2 N–H and O–H groups in total. The third-order valence-electron chi connectivity index (χ3n) is 5.24. The number of ether oxygens (including phenoxy) is 1. The number of hydrazone groups is 1. The van der Waals surface area contributed by atoms with Crippen LogP contribution in [0.1, 0.15) is 27.0 Å². The van der Waals surface area contributed by atoms with E-state index in [1.165, 1.54) is 24.4 Å². The fraction of sp³-hybridized carbons (Fsp3) is 0.0357. The Morgan fingerprint density at radius 3 is 2.00 bits per heavy atom. The highest BCUT2D eigenvalue weighted by Gasteiger charge is 2.39. The first-order chi connectivity index (χ1) is 17.0. The van der Waals surface area contributed by atoms with E-state index in [9.17, 15) is 19.1 Å². The highest BCUT2D eigenvalue weighted by molar-refractivity contribution is 5.92. The topological polar surface area (TPSA) is 88.0 Å². The molecule has 0 aliphatic carbocycles. The molecule has 0 saturated carbocycles. The summed E-state index contributed by atoms with van der Waals surface area (Å²) in [5.74, 6) is -1.66. The van der Waals surface area contributed by atoms with Crippen molar-refractivity contribution in [1.82, 2.24) is 5.43 Å². The second kappa shape index (κ2) is 10.5. The SMILES string of the molecule is O=C(Oc1ccc(C=NNC(=O)C(O)(c2ccccc2)c2ccccc2)cc1)c1cccc(F)c1. The van der Waals surface area contributed by atoms with E-state index in [4.69, 9.17) is 4.74 Å². The number of hydrogen-bond donors (Lipinski definition) is 2. The molecule has 0 radical (unpaired) electrons. The van der Waals surface area contributed by atoms with Gasteiger partial charge in [0.1, 0.15) is 11.6 Å². The van der Waals surface area contributed by atoms with Gasteiger partial charge >= 0.3 is 5.97 Å². The highest BCUT2D eigenvalue weighted by Crippen LogP contribution is 2.29. The van der Waals surface area contributed by atoms with Crippen LogP contribution in [0.2, 0.25) is 0 Å². The first-order valence-corrected chi connectivity index (χ1v) is 10.7. The number of carbonyl (C=O) groups excluding carboxylic acids is 2. The van der Waals surface area contributed by atoms with Crippen LogP contribution >= 0.6 is 0 Å². The number of amides is 1. The Hall–Kier alpha value is -4.62. The average molecular weight is 468 g/mol. The summed E-state index contributed by atoms with van der Waals surface area (Å²) in [6, 6.07) is 28.8. The Bertz CT molecular complexity index is 1300. The largest absolute Gasteiger partial charge is 0.423 e. The van der Waals surface area contributed by atoms with Gasteiger partial charge < -0.3 is 9.84 Å². The van der Waals surface area contributed by atoms with Crippen molar-refractivity contribution in [3.05, 3.63) is 137 Å². The van der Waals surface area contributed by atoms with Crippen LogP contribution in [0.3, 0.4) is 0 Å². The summed E-state index contributed by atoms with van der Waals surface area (Å²) in [5, 5.41) is 15.4. The Labute approximate surface area is 201 Å². The smallest absolute Gasteiger partial charge is 0.343 e.